The van der Waals surface area contributed by atoms with Gasteiger partial charge in [-0.1, -0.05) is 185 Å². The number of allylic oxidation sites excluding steroid dienone is 8. The zero-order chi connectivity index (χ0) is 40.8. The largest absolute Gasteiger partial charge is 0.462 e. The predicted octanol–water partition coefficient (Wildman–Crippen LogP) is 15.1. The number of carbonyl (C=O) groups is 3. The molecule has 0 aromatic heterocycles. The maximum absolute atomic E-state index is 12.7. The van der Waals surface area contributed by atoms with Gasteiger partial charge in [0.1, 0.15) is 13.2 Å². The molecule has 0 N–H and O–H groups in total. The number of ether oxygens (including phenoxy) is 3. The van der Waals surface area contributed by atoms with Crippen LogP contribution in [0.3, 0.4) is 0 Å². The van der Waals surface area contributed by atoms with Crippen molar-refractivity contribution in [3.05, 3.63) is 48.6 Å². The van der Waals surface area contributed by atoms with Crippen LogP contribution in [0.1, 0.15) is 233 Å². The fourth-order valence-electron chi connectivity index (χ4n) is 6.45. The summed E-state index contributed by atoms with van der Waals surface area (Å²) >= 11 is 0. The molecule has 0 aliphatic heterocycles. The molecule has 1 atom stereocenters. The van der Waals surface area contributed by atoms with E-state index in [0.29, 0.717) is 19.3 Å². The first kappa shape index (κ1) is 53.4. The number of esters is 3. The summed E-state index contributed by atoms with van der Waals surface area (Å²) in [5, 5.41) is 0. The topological polar surface area (TPSA) is 78.9 Å². The van der Waals surface area contributed by atoms with Crippen molar-refractivity contribution in [3.63, 3.8) is 0 Å². The fraction of sp³-hybridized carbons (Fsp3) is 0.780. The standard InChI is InChI=1S/C50H88O6/c1-4-7-10-13-16-19-21-23-24-25-26-27-29-31-34-37-40-43-49(52)55-46-47(45-54-48(51)42-39-36-33-30-18-15-12-9-6-3)56-50(53)44-41-38-35-32-28-22-20-17-14-11-8-5-2/h17,20,23-24,26-27,31,34,47H,4-16,18-19,21-22,25,28-30,32-33,35-46H2,1-3H3/b20-17-,24-23-,27-26-,34-31-. The Labute approximate surface area is 346 Å². The molecule has 6 heteroatoms. The number of unbranched alkanes of at least 4 members (excludes halogenated alkanes) is 23. The minimum Gasteiger partial charge on any atom is -0.462 e. The molecule has 6 nitrogen and oxygen atoms in total. The maximum Gasteiger partial charge on any atom is 0.306 e. The highest BCUT2D eigenvalue weighted by Crippen LogP contribution is 2.13. The first-order valence-corrected chi connectivity index (χ1v) is 23.6. The van der Waals surface area contributed by atoms with Crippen molar-refractivity contribution >= 4 is 17.9 Å². The smallest absolute Gasteiger partial charge is 0.306 e. The SMILES string of the molecule is CCCCC/C=C\CCCCCCCC(=O)OC(COC(=O)CCC/C=C\C/C=C\C/C=C\CCCCCCCC)COC(=O)CCCCCCCCCCC. The minimum atomic E-state index is -0.792. The van der Waals surface area contributed by atoms with Gasteiger partial charge in [-0.15, -0.1) is 0 Å². The highest BCUT2D eigenvalue weighted by Gasteiger charge is 2.19. The Morgan fingerprint density at radius 1 is 0.357 bits per heavy atom. The van der Waals surface area contributed by atoms with Gasteiger partial charge in [-0.2, -0.15) is 0 Å². The van der Waals surface area contributed by atoms with Crippen LogP contribution in [0, 0.1) is 0 Å². The number of rotatable bonds is 42. The van der Waals surface area contributed by atoms with E-state index in [9.17, 15) is 14.4 Å². The molecule has 0 amide bonds. The molecule has 0 saturated carbocycles. The number of hydrogen-bond donors (Lipinski definition) is 0. The molecule has 0 aromatic carbocycles. The van der Waals surface area contributed by atoms with Crippen molar-refractivity contribution in [3.8, 4) is 0 Å². The lowest BCUT2D eigenvalue weighted by Gasteiger charge is -2.18. The van der Waals surface area contributed by atoms with Gasteiger partial charge >= 0.3 is 17.9 Å². The molecule has 324 valence electrons. The van der Waals surface area contributed by atoms with Gasteiger partial charge < -0.3 is 14.2 Å². The summed E-state index contributed by atoms with van der Waals surface area (Å²) in [5.41, 5.74) is 0. The fourth-order valence-corrected chi connectivity index (χ4v) is 6.45. The summed E-state index contributed by atoms with van der Waals surface area (Å²) in [7, 11) is 0. The quantitative estimate of drug-likeness (QED) is 0.0265. The van der Waals surface area contributed by atoms with E-state index in [1.807, 2.05) is 0 Å². The minimum absolute atomic E-state index is 0.0909. The second-order valence-electron chi connectivity index (χ2n) is 15.7. The van der Waals surface area contributed by atoms with Crippen LogP contribution < -0.4 is 0 Å². The highest BCUT2D eigenvalue weighted by molar-refractivity contribution is 5.71. The molecule has 0 aliphatic carbocycles. The molecule has 0 aliphatic rings. The van der Waals surface area contributed by atoms with Crippen LogP contribution >= 0.6 is 0 Å². The Bertz CT molecular complexity index is 996. The van der Waals surface area contributed by atoms with Crippen molar-refractivity contribution in [2.45, 2.75) is 239 Å². The number of carbonyl (C=O) groups excluding carboxylic acids is 3. The molecule has 1 unspecified atom stereocenters. The van der Waals surface area contributed by atoms with Crippen LogP contribution in [0.2, 0.25) is 0 Å². The normalized spacial score (nSPS) is 12.4. The van der Waals surface area contributed by atoms with Gasteiger partial charge in [-0.3, -0.25) is 14.4 Å². The Balaban J connectivity index is 4.42. The lowest BCUT2D eigenvalue weighted by molar-refractivity contribution is -0.167. The van der Waals surface area contributed by atoms with Gasteiger partial charge in [0.2, 0.25) is 0 Å². The van der Waals surface area contributed by atoms with E-state index >= 15 is 0 Å². The molecule has 0 aromatic rings. The van der Waals surface area contributed by atoms with Gasteiger partial charge in [-0.05, 0) is 77.0 Å². The van der Waals surface area contributed by atoms with Crippen molar-refractivity contribution in [1.82, 2.24) is 0 Å². The lowest BCUT2D eigenvalue weighted by Crippen LogP contribution is -2.30. The Morgan fingerprint density at radius 3 is 1.12 bits per heavy atom. The summed E-state index contributed by atoms with van der Waals surface area (Å²) in [4.78, 5) is 37.7. The van der Waals surface area contributed by atoms with Gasteiger partial charge in [0.15, 0.2) is 6.10 Å². The van der Waals surface area contributed by atoms with Crippen molar-refractivity contribution in [2.75, 3.05) is 13.2 Å². The van der Waals surface area contributed by atoms with Gasteiger partial charge in [0.25, 0.3) is 0 Å². The van der Waals surface area contributed by atoms with E-state index in [1.54, 1.807) is 0 Å². The lowest BCUT2D eigenvalue weighted by atomic mass is 10.1. The van der Waals surface area contributed by atoms with E-state index in [-0.39, 0.29) is 37.5 Å². The number of hydrogen-bond acceptors (Lipinski definition) is 6. The van der Waals surface area contributed by atoms with Gasteiger partial charge in [0, 0.05) is 19.3 Å². The van der Waals surface area contributed by atoms with Crippen LogP contribution in [0.5, 0.6) is 0 Å². The van der Waals surface area contributed by atoms with E-state index in [2.05, 4.69) is 69.4 Å². The molecule has 56 heavy (non-hydrogen) atoms. The Kier molecular flexibility index (Phi) is 43.0. The summed E-state index contributed by atoms with van der Waals surface area (Å²) < 4.78 is 16.6. The van der Waals surface area contributed by atoms with Gasteiger partial charge in [0.05, 0.1) is 0 Å². The van der Waals surface area contributed by atoms with E-state index in [1.165, 1.54) is 116 Å². The van der Waals surface area contributed by atoms with Crippen LogP contribution in [0.25, 0.3) is 0 Å². The Morgan fingerprint density at radius 2 is 0.661 bits per heavy atom. The first-order valence-electron chi connectivity index (χ1n) is 23.6. The highest BCUT2D eigenvalue weighted by atomic mass is 16.6. The van der Waals surface area contributed by atoms with E-state index in [4.69, 9.17) is 14.2 Å². The Hall–Kier alpha value is -2.63. The first-order chi connectivity index (χ1) is 27.5. The third-order valence-corrected chi connectivity index (χ3v) is 10.1. The second-order valence-corrected chi connectivity index (χ2v) is 15.7. The molecule has 0 fully saturated rings. The van der Waals surface area contributed by atoms with Crippen LogP contribution in [0.4, 0.5) is 0 Å². The van der Waals surface area contributed by atoms with Crippen LogP contribution in [-0.4, -0.2) is 37.2 Å². The maximum atomic E-state index is 12.7. The molecular formula is C50H88O6. The molecule has 0 heterocycles. The third-order valence-electron chi connectivity index (χ3n) is 10.1. The van der Waals surface area contributed by atoms with E-state index < -0.39 is 6.10 Å². The molecule has 0 rings (SSSR count). The zero-order valence-electron chi connectivity index (χ0n) is 36.9. The molecule has 0 radical (unpaired) electrons. The molecule has 0 bridgehead atoms. The van der Waals surface area contributed by atoms with Crippen molar-refractivity contribution < 1.29 is 28.6 Å². The average molecular weight is 785 g/mol. The van der Waals surface area contributed by atoms with Crippen LogP contribution in [0.15, 0.2) is 48.6 Å². The summed E-state index contributed by atoms with van der Waals surface area (Å²) in [6.45, 7) is 6.53. The summed E-state index contributed by atoms with van der Waals surface area (Å²) in [5.74, 6) is -0.957. The van der Waals surface area contributed by atoms with Crippen molar-refractivity contribution in [1.29, 1.82) is 0 Å². The monoisotopic (exact) mass is 785 g/mol. The zero-order valence-corrected chi connectivity index (χ0v) is 36.9. The van der Waals surface area contributed by atoms with Gasteiger partial charge in [-0.25, -0.2) is 0 Å². The summed E-state index contributed by atoms with van der Waals surface area (Å²) in [6.07, 6.45) is 52.4. The van der Waals surface area contributed by atoms with Crippen molar-refractivity contribution in [2.24, 2.45) is 0 Å². The molecular weight excluding hydrogens is 697 g/mol. The van der Waals surface area contributed by atoms with E-state index in [0.717, 1.165) is 70.6 Å². The predicted molar refractivity (Wildman–Crippen MR) is 238 cm³/mol. The third kappa shape index (κ3) is 42.5. The molecule has 0 saturated heterocycles. The summed E-state index contributed by atoms with van der Waals surface area (Å²) in [6, 6.07) is 0. The molecule has 0 spiro atoms. The van der Waals surface area contributed by atoms with Crippen LogP contribution in [-0.2, 0) is 28.6 Å². The second kappa shape index (κ2) is 45.1. The average Bonchev–Trinajstić information content (AvgIpc) is 3.19.